The third-order valence-corrected chi connectivity index (χ3v) is 5.36. The van der Waals surface area contributed by atoms with Crippen molar-refractivity contribution < 1.29 is 9.18 Å². The highest BCUT2D eigenvalue weighted by molar-refractivity contribution is 8.18. The van der Waals surface area contributed by atoms with E-state index in [-0.39, 0.29) is 11.7 Å². The van der Waals surface area contributed by atoms with E-state index < -0.39 is 0 Å². The Labute approximate surface area is 151 Å². The third kappa shape index (κ3) is 3.39. The molecule has 0 saturated carbocycles. The average molecular weight is 357 g/mol. The molecule has 0 N–H and O–H groups in total. The SMILES string of the molecule is CCN1C(=O)/C(=C\c2cc(C)n(C)c2C)SC1=Nc1ccc(F)cc1. The normalized spacial score (nSPS) is 18.0. The molecule has 2 aromatic rings. The molecule has 1 aliphatic heterocycles. The van der Waals surface area contributed by atoms with Crippen LogP contribution in [-0.2, 0) is 11.8 Å². The second-order valence-corrected chi connectivity index (χ2v) is 6.93. The van der Waals surface area contributed by atoms with Crippen molar-refractivity contribution in [2.75, 3.05) is 6.54 Å². The molecular formula is C19H20FN3OS. The number of rotatable bonds is 3. The van der Waals surface area contributed by atoms with E-state index >= 15 is 0 Å². The Bertz CT molecular complexity index is 881. The van der Waals surface area contributed by atoms with Crippen LogP contribution in [0.2, 0.25) is 0 Å². The lowest BCUT2D eigenvalue weighted by Crippen LogP contribution is -2.28. The molecule has 4 nitrogen and oxygen atoms in total. The summed E-state index contributed by atoms with van der Waals surface area (Å²) in [5.74, 6) is -0.351. The number of carbonyl (C=O) groups excluding carboxylic acids is 1. The number of amides is 1. The fraction of sp³-hybridized carbons (Fsp3) is 0.263. The molecule has 1 aliphatic rings. The quantitative estimate of drug-likeness (QED) is 0.763. The van der Waals surface area contributed by atoms with E-state index in [9.17, 15) is 9.18 Å². The summed E-state index contributed by atoms with van der Waals surface area (Å²) < 4.78 is 15.2. The zero-order valence-corrected chi connectivity index (χ0v) is 15.5. The summed E-state index contributed by atoms with van der Waals surface area (Å²) in [6.07, 6.45) is 1.92. The first-order chi connectivity index (χ1) is 11.9. The summed E-state index contributed by atoms with van der Waals surface area (Å²) in [5.41, 5.74) is 3.93. The van der Waals surface area contributed by atoms with Crippen molar-refractivity contribution in [3.8, 4) is 0 Å². The van der Waals surface area contributed by atoms with Gasteiger partial charge in [-0.25, -0.2) is 9.38 Å². The molecule has 1 saturated heterocycles. The van der Waals surface area contributed by atoms with Crippen molar-refractivity contribution in [2.24, 2.45) is 12.0 Å². The van der Waals surface area contributed by atoms with Crippen molar-refractivity contribution in [2.45, 2.75) is 20.8 Å². The minimum Gasteiger partial charge on any atom is -0.352 e. The van der Waals surface area contributed by atoms with Gasteiger partial charge in [-0.2, -0.15) is 0 Å². The maximum atomic E-state index is 13.1. The number of hydrogen-bond donors (Lipinski definition) is 0. The van der Waals surface area contributed by atoms with Crippen LogP contribution in [0.15, 0.2) is 40.2 Å². The Balaban J connectivity index is 1.95. The number of nitrogens with zero attached hydrogens (tertiary/aromatic N) is 3. The van der Waals surface area contributed by atoms with Gasteiger partial charge >= 0.3 is 0 Å². The molecule has 130 valence electrons. The highest BCUT2D eigenvalue weighted by Crippen LogP contribution is 2.34. The third-order valence-electron chi connectivity index (χ3n) is 4.36. The average Bonchev–Trinajstić information content (AvgIpc) is 3.01. The first-order valence-electron chi connectivity index (χ1n) is 8.09. The summed E-state index contributed by atoms with van der Waals surface area (Å²) in [6, 6.07) is 8.01. The first kappa shape index (κ1) is 17.5. The monoisotopic (exact) mass is 357 g/mol. The Morgan fingerprint density at radius 2 is 1.92 bits per heavy atom. The number of hydrogen-bond acceptors (Lipinski definition) is 3. The molecule has 1 aromatic heterocycles. The lowest BCUT2D eigenvalue weighted by atomic mass is 10.2. The number of amidine groups is 1. The minimum absolute atomic E-state index is 0.0470. The molecule has 6 heteroatoms. The molecule has 1 aromatic carbocycles. The standard InChI is InChI=1S/C19H20FN3OS/c1-5-23-18(24)17(11-14-10-12(2)22(4)13(14)3)25-19(23)21-16-8-6-15(20)7-9-16/h6-11H,5H2,1-4H3/b17-11+,21-19?. The molecule has 3 rings (SSSR count). The molecule has 0 radical (unpaired) electrons. The summed E-state index contributed by atoms with van der Waals surface area (Å²) >= 11 is 1.35. The van der Waals surface area contributed by atoms with Crippen LogP contribution in [0.4, 0.5) is 10.1 Å². The minimum atomic E-state index is -0.304. The number of aliphatic imine (C=N–C) groups is 1. The molecule has 1 amide bonds. The van der Waals surface area contributed by atoms with Gasteiger partial charge in [-0.05, 0) is 74.5 Å². The second kappa shape index (κ2) is 6.88. The number of carbonyl (C=O) groups is 1. The van der Waals surface area contributed by atoms with E-state index in [0.717, 1.165) is 17.0 Å². The van der Waals surface area contributed by atoms with Crippen LogP contribution in [0.25, 0.3) is 6.08 Å². The Morgan fingerprint density at radius 3 is 2.48 bits per heavy atom. The lowest BCUT2D eigenvalue weighted by molar-refractivity contribution is -0.122. The molecule has 25 heavy (non-hydrogen) atoms. The molecule has 0 aliphatic carbocycles. The van der Waals surface area contributed by atoms with E-state index in [0.29, 0.717) is 22.3 Å². The highest BCUT2D eigenvalue weighted by Gasteiger charge is 2.32. The van der Waals surface area contributed by atoms with Gasteiger partial charge in [-0.15, -0.1) is 0 Å². The van der Waals surface area contributed by atoms with Crippen molar-refractivity contribution in [3.05, 3.63) is 58.0 Å². The van der Waals surface area contributed by atoms with Gasteiger partial charge in [0.1, 0.15) is 5.82 Å². The van der Waals surface area contributed by atoms with Gasteiger partial charge in [0.15, 0.2) is 5.17 Å². The Hall–Kier alpha value is -2.34. The zero-order chi connectivity index (χ0) is 18.1. The van der Waals surface area contributed by atoms with Crippen LogP contribution in [0.3, 0.4) is 0 Å². The number of aromatic nitrogens is 1. The molecular weight excluding hydrogens is 337 g/mol. The zero-order valence-electron chi connectivity index (χ0n) is 14.7. The number of halogens is 1. The lowest BCUT2D eigenvalue weighted by Gasteiger charge is -2.11. The van der Waals surface area contributed by atoms with Gasteiger partial charge in [0.05, 0.1) is 10.6 Å². The van der Waals surface area contributed by atoms with Crippen LogP contribution in [0, 0.1) is 19.7 Å². The largest absolute Gasteiger partial charge is 0.352 e. The summed E-state index contributed by atoms with van der Waals surface area (Å²) in [5, 5.41) is 0.621. The van der Waals surface area contributed by atoms with Gasteiger partial charge in [0.2, 0.25) is 0 Å². The number of aryl methyl sites for hydroxylation is 1. The van der Waals surface area contributed by atoms with E-state index in [4.69, 9.17) is 0 Å². The van der Waals surface area contributed by atoms with Gasteiger partial charge < -0.3 is 4.57 Å². The van der Waals surface area contributed by atoms with Gasteiger partial charge in [0, 0.05) is 25.0 Å². The van der Waals surface area contributed by atoms with E-state index in [2.05, 4.69) is 15.6 Å². The second-order valence-electron chi connectivity index (χ2n) is 5.92. The highest BCUT2D eigenvalue weighted by atomic mass is 32.2. The summed E-state index contributed by atoms with van der Waals surface area (Å²) in [4.78, 5) is 19.5. The predicted octanol–water partition coefficient (Wildman–Crippen LogP) is 4.40. The molecule has 1 fully saturated rings. The van der Waals surface area contributed by atoms with Gasteiger partial charge in [0.25, 0.3) is 5.91 Å². The first-order valence-corrected chi connectivity index (χ1v) is 8.91. The summed E-state index contributed by atoms with van der Waals surface area (Å²) in [7, 11) is 2.01. The topological polar surface area (TPSA) is 37.6 Å². The number of likely N-dealkylation sites (N-methyl/N-ethyl adjacent to an activating group) is 1. The maximum Gasteiger partial charge on any atom is 0.266 e. The molecule has 2 heterocycles. The van der Waals surface area contributed by atoms with E-state index in [1.807, 2.05) is 33.9 Å². The van der Waals surface area contributed by atoms with Gasteiger partial charge in [-0.3, -0.25) is 9.69 Å². The molecule has 0 atom stereocenters. The van der Waals surface area contributed by atoms with Crippen LogP contribution in [0.1, 0.15) is 23.9 Å². The van der Waals surface area contributed by atoms with Crippen molar-refractivity contribution >= 4 is 34.6 Å². The fourth-order valence-corrected chi connectivity index (χ4v) is 3.72. The van der Waals surface area contributed by atoms with Gasteiger partial charge in [-0.1, -0.05) is 0 Å². The number of thioether (sulfide) groups is 1. The van der Waals surface area contributed by atoms with E-state index in [1.165, 1.54) is 23.9 Å². The van der Waals surface area contributed by atoms with Crippen LogP contribution >= 0.6 is 11.8 Å². The Morgan fingerprint density at radius 1 is 1.24 bits per heavy atom. The van der Waals surface area contributed by atoms with Crippen molar-refractivity contribution in [3.63, 3.8) is 0 Å². The smallest absolute Gasteiger partial charge is 0.266 e. The van der Waals surface area contributed by atoms with Crippen LogP contribution in [-0.4, -0.2) is 27.1 Å². The maximum absolute atomic E-state index is 13.1. The van der Waals surface area contributed by atoms with Crippen LogP contribution in [0.5, 0.6) is 0 Å². The predicted molar refractivity (Wildman–Crippen MR) is 101 cm³/mol. The van der Waals surface area contributed by atoms with Crippen LogP contribution < -0.4 is 0 Å². The van der Waals surface area contributed by atoms with Crippen molar-refractivity contribution in [1.29, 1.82) is 0 Å². The number of benzene rings is 1. The summed E-state index contributed by atoms with van der Waals surface area (Å²) in [6.45, 7) is 6.53. The van der Waals surface area contributed by atoms with E-state index in [1.54, 1.807) is 17.0 Å². The molecule has 0 bridgehead atoms. The molecule has 0 spiro atoms. The van der Waals surface area contributed by atoms with Crippen molar-refractivity contribution in [1.82, 2.24) is 9.47 Å². The fourth-order valence-electron chi connectivity index (χ4n) is 2.67. The molecule has 0 unspecified atom stereocenters. The Kier molecular flexibility index (Phi) is 4.81.